The molecule has 1 aromatic carbocycles. The highest BCUT2D eigenvalue weighted by molar-refractivity contribution is 9.10. The van der Waals surface area contributed by atoms with E-state index in [1.807, 2.05) is 60.7 Å². The van der Waals surface area contributed by atoms with Crippen molar-refractivity contribution in [3.63, 3.8) is 0 Å². The molecule has 7 heterocycles. The van der Waals surface area contributed by atoms with Crippen molar-refractivity contribution in [1.29, 1.82) is 36.8 Å². The molecule has 6 atom stereocenters. The molecular weight excluding hydrogens is 1480 g/mol. The third kappa shape index (κ3) is 24.5. The number of pyridine rings is 7. The molecule has 0 N–H and O–H groups in total. The van der Waals surface area contributed by atoms with E-state index >= 15 is 0 Å². The fourth-order valence-corrected chi connectivity index (χ4v) is 12.5. The zero-order valence-electron chi connectivity index (χ0n) is 56.1. The van der Waals surface area contributed by atoms with Crippen LogP contribution in [0.25, 0.3) is 0 Å². The van der Waals surface area contributed by atoms with E-state index in [0.29, 0.717) is 40.2 Å². The number of methoxy groups -OCH3 is 1. The molecule has 530 valence electrons. The third-order valence-electron chi connectivity index (χ3n) is 18.4. The molecule has 5 saturated carbocycles. The Morgan fingerprint density at radius 1 is 0.447 bits per heavy atom. The lowest BCUT2D eigenvalue weighted by Crippen LogP contribution is -2.20. The molecule has 5 aliphatic carbocycles. The fraction of sp³-hybridized carbons (Fsp3) is 0.385. The first-order valence-corrected chi connectivity index (χ1v) is 35.4. The number of hydrogen-bond acceptors (Lipinski definition) is 15. The quantitative estimate of drug-likeness (QED) is 0.0723. The number of halogens is 10. The van der Waals surface area contributed by atoms with E-state index < -0.39 is 35.2 Å². The van der Waals surface area contributed by atoms with Crippen LogP contribution in [0.2, 0.25) is 5.02 Å². The average Bonchev–Trinajstić information content (AvgIpc) is 0.856. The fourth-order valence-electron chi connectivity index (χ4n) is 11.6. The van der Waals surface area contributed by atoms with Gasteiger partial charge in [-0.2, -0.15) is 63.2 Å². The first-order chi connectivity index (χ1) is 49.6. The Balaban J connectivity index is 0.000000169. The van der Waals surface area contributed by atoms with Gasteiger partial charge in [-0.15, -0.1) is 0 Å². The zero-order chi connectivity index (χ0) is 74.3. The molecule has 0 radical (unpaired) electrons. The topological polar surface area (TPSA) is 266 Å². The molecule has 0 saturated heterocycles. The molecule has 15 nitrogen and oxygen atoms in total. The molecule has 7 aromatic heterocycles. The molecular formula is C78H72Br2ClF7N14O. The van der Waals surface area contributed by atoms with E-state index in [-0.39, 0.29) is 47.4 Å². The van der Waals surface area contributed by atoms with E-state index in [0.717, 1.165) is 118 Å². The molecule has 25 heteroatoms. The van der Waals surface area contributed by atoms with Crippen LogP contribution in [0.3, 0.4) is 0 Å². The second kappa shape index (κ2) is 40.8. The number of ether oxygens (including phenoxy) is 1. The predicted octanol–water partition coefficient (Wildman–Crippen LogP) is 20.7. The number of rotatable bonds is 14. The summed E-state index contributed by atoms with van der Waals surface area (Å²) in [4.78, 5) is 28.7. The van der Waals surface area contributed by atoms with Crippen LogP contribution in [-0.4, -0.2) is 42.0 Å². The van der Waals surface area contributed by atoms with E-state index in [1.54, 1.807) is 56.2 Å². The maximum absolute atomic E-state index is 12.8. The number of nitriles is 7. The van der Waals surface area contributed by atoms with Gasteiger partial charge in [0.25, 0.3) is 0 Å². The Morgan fingerprint density at radius 2 is 0.874 bits per heavy atom. The van der Waals surface area contributed by atoms with Gasteiger partial charge in [-0.25, -0.2) is 9.37 Å². The van der Waals surface area contributed by atoms with E-state index in [9.17, 15) is 30.7 Å². The third-order valence-corrected chi connectivity index (χ3v) is 19.6. The summed E-state index contributed by atoms with van der Waals surface area (Å²) < 4.78 is 94.0. The van der Waals surface area contributed by atoms with Gasteiger partial charge in [0.2, 0.25) is 0 Å². The van der Waals surface area contributed by atoms with Crippen LogP contribution in [0.5, 0.6) is 5.75 Å². The molecule has 13 rings (SSSR count). The highest BCUT2D eigenvalue weighted by Crippen LogP contribution is 2.43. The van der Waals surface area contributed by atoms with Crippen molar-refractivity contribution in [2.45, 2.75) is 151 Å². The summed E-state index contributed by atoms with van der Waals surface area (Å²) in [5.74, 6) is 1.79. The minimum atomic E-state index is -4.50. The van der Waals surface area contributed by atoms with Crippen LogP contribution in [0.1, 0.15) is 188 Å². The summed E-state index contributed by atoms with van der Waals surface area (Å²) in [5, 5.41) is 63.5. The second-order valence-corrected chi connectivity index (χ2v) is 27.2. The van der Waals surface area contributed by atoms with Crippen molar-refractivity contribution in [3.8, 4) is 48.2 Å². The van der Waals surface area contributed by atoms with Crippen molar-refractivity contribution in [2.75, 3.05) is 7.11 Å². The predicted molar refractivity (Wildman–Crippen MR) is 378 cm³/mol. The second-order valence-electron chi connectivity index (χ2n) is 25.0. The molecule has 103 heavy (non-hydrogen) atoms. The van der Waals surface area contributed by atoms with Crippen LogP contribution in [0.4, 0.5) is 30.7 Å². The van der Waals surface area contributed by atoms with Crippen molar-refractivity contribution in [3.05, 3.63) is 235 Å². The van der Waals surface area contributed by atoms with Crippen molar-refractivity contribution in [2.24, 2.45) is 29.6 Å². The number of alkyl halides is 6. The maximum atomic E-state index is 12.8. The van der Waals surface area contributed by atoms with Crippen molar-refractivity contribution >= 4 is 43.5 Å². The lowest BCUT2D eigenvalue weighted by molar-refractivity contribution is -0.138. The minimum absolute atomic E-state index is 0.0127. The standard InChI is InChI=1S/C14H8F4N2.C12H14N2O.2C11H11BrN2.C11H11ClN2.C11H12N2.C8H5F3N2/c15-11-3-1-9(2-4-11)12(8-19)13-7-10(5-6-20-13)14(16,17)18;1-15-10-5-6-14-12(7-10)11(8-13)9-3-2-4-9;12-11-6-2-5-10(14-11)9(7-13)8-3-1-4-8;2*12-9-4-5-14-11(6-9)10(7-13)8-2-1-3-8;12-8-10(9-4-3-5-9)11-6-1-2-7-13-11;9-8(10,11)6-2-4-13-7(5-6)1-3-12/h1-7,12H;5-7,9,11H,2-4H2,1H3;2,5-6,8-9H,1,3-4H2;2*4-6,8,10H,1-3H2;1-2,6-7,9-10H,3-5H2;2,4-5H,1H2. The molecule has 0 amide bonds. The number of aromatic nitrogens is 7. The summed E-state index contributed by atoms with van der Waals surface area (Å²) in [6, 6.07) is 46.4. The van der Waals surface area contributed by atoms with Gasteiger partial charge in [-0.05, 0) is 206 Å². The number of hydrogen-bond donors (Lipinski definition) is 0. The highest BCUT2D eigenvalue weighted by atomic mass is 79.9. The Morgan fingerprint density at radius 3 is 1.30 bits per heavy atom. The van der Waals surface area contributed by atoms with E-state index in [1.165, 1.54) is 82.8 Å². The monoisotopic (exact) mass is 1550 g/mol. The summed E-state index contributed by atoms with van der Waals surface area (Å²) in [7, 11) is 1.63. The summed E-state index contributed by atoms with van der Waals surface area (Å²) in [5.41, 5.74) is 3.30. The minimum Gasteiger partial charge on any atom is -0.497 e. The van der Waals surface area contributed by atoms with Gasteiger partial charge in [-0.1, -0.05) is 83.9 Å². The van der Waals surface area contributed by atoms with Crippen LogP contribution in [-0.2, 0) is 18.8 Å². The van der Waals surface area contributed by atoms with Crippen molar-refractivity contribution in [1.82, 2.24) is 34.9 Å². The molecule has 0 spiro atoms. The normalized spacial score (nSPS) is 16.2. The lowest BCUT2D eigenvalue weighted by Gasteiger charge is -2.29. The Kier molecular flexibility index (Phi) is 31.9. The SMILES string of the molecule is COc1ccnc(C(C#N)C2CCC2)c1.N#CC(c1cc(Br)ccn1)C1CCC1.N#CC(c1cc(Cl)ccn1)C1CCC1.N#CC(c1ccc(F)cc1)c1cc(C(F)(F)F)ccn1.N#CC(c1cccc(Br)n1)C1CCC1.N#CC(c1ccccn1)C1CCC1.N#CCc1cc(C(F)(F)F)ccn1. The van der Waals surface area contributed by atoms with Crippen molar-refractivity contribution < 1.29 is 35.5 Å². The molecule has 0 aliphatic heterocycles. The van der Waals surface area contributed by atoms with Gasteiger partial charge < -0.3 is 4.74 Å². The summed E-state index contributed by atoms with van der Waals surface area (Å²) >= 11 is 12.6. The highest BCUT2D eigenvalue weighted by Gasteiger charge is 2.35. The van der Waals surface area contributed by atoms with Gasteiger partial charge in [-0.3, -0.25) is 29.9 Å². The largest absolute Gasteiger partial charge is 0.497 e. The summed E-state index contributed by atoms with van der Waals surface area (Å²) in [6.07, 6.45) is 17.9. The van der Waals surface area contributed by atoms with E-state index in [4.69, 9.17) is 53.2 Å². The molecule has 5 fully saturated rings. The number of benzene rings is 1. The average molecular weight is 1550 g/mol. The zero-order valence-corrected chi connectivity index (χ0v) is 60.1. The lowest BCUT2D eigenvalue weighted by atomic mass is 9.75. The van der Waals surface area contributed by atoms with Crippen LogP contribution < -0.4 is 4.74 Å². The Hall–Kier alpha value is -9.74. The van der Waals surface area contributed by atoms with E-state index in [2.05, 4.69) is 97.1 Å². The van der Waals surface area contributed by atoms with Crippen LogP contribution in [0, 0.1) is 115 Å². The van der Waals surface area contributed by atoms with Gasteiger partial charge >= 0.3 is 12.4 Å². The first kappa shape index (κ1) is 80.6. The maximum Gasteiger partial charge on any atom is 0.416 e. The summed E-state index contributed by atoms with van der Waals surface area (Å²) in [6.45, 7) is 0. The van der Waals surface area contributed by atoms with Gasteiger partial charge in [0.05, 0.1) is 137 Å². The molecule has 0 bridgehead atoms. The smallest absolute Gasteiger partial charge is 0.416 e. The first-order valence-electron chi connectivity index (χ1n) is 33.5. The molecule has 5 aliphatic rings. The molecule has 8 aromatic rings. The van der Waals surface area contributed by atoms with Gasteiger partial charge in [0, 0.05) is 52.7 Å². The molecule has 6 unspecified atom stereocenters. The van der Waals surface area contributed by atoms with Crippen LogP contribution in [0.15, 0.2) is 168 Å². The Labute approximate surface area is 617 Å². The van der Waals surface area contributed by atoms with Gasteiger partial charge in [0.1, 0.15) is 22.1 Å². The number of nitrogens with zero attached hydrogens (tertiary/aromatic N) is 14. The van der Waals surface area contributed by atoms with Gasteiger partial charge in [0.15, 0.2) is 0 Å². The Bertz CT molecular complexity index is 4140. The van der Waals surface area contributed by atoms with Crippen LogP contribution >= 0.6 is 43.5 Å².